The van der Waals surface area contributed by atoms with Crippen molar-refractivity contribution >= 4 is 32.7 Å². The maximum absolute atomic E-state index is 11.9. The molecule has 0 spiro atoms. The molecule has 1 rings (SSSR count). The largest absolute Gasteiger partial charge is 0.480 e. The third kappa shape index (κ3) is 2.92. The van der Waals surface area contributed by atoms with Gasteiger partial charge in [-0.1, -0.05) is 34.1 Å². The Labute approximate surface area is 105 Å². The van der Waals surface area contributed by atoms with Gasteiger partial charge < -0.3 is 5.11 Å². The zero-order chi connectivity index (χ0) is 12.3. The van der Waals surface area contributed by atoms with Gasteiger partial charge in [0.1, 0.15) is 4.75 Å². The Morgan fingerprint density at radius 2 is 2.00 bits per heavy atom. The molecule has 0 saturated carbocycles. The van der Waals surface area contributed by atoms with Crippen LogP contribution in [0.5, 0.6) is 0 Å². The van der Waals surface area contributed by atoms with Gasteiger partial charge in [-0.15, -0.1) is 0 Å². The quantitative estimate of drug-likeness (QED) is 0.930. The van der Waals surface area contributed by atoms with E-state index in [0.29, 0.717) is 0 Å². The zero-order valence-corrected chi connectivity index (χ0v) is 11.5. The van der Waals surface area contributed by atoms with Crippen molar-refractivity contribution in [2.45, 2.75) is 24.3 Å². The second-order valence-electron chi connectivity index (χ2n) is 3.90. The number of halogens is 1. The molecule has 5 heteroatoms. The van der Waals surface area contributed by atoms with Crippen molar-refractivity contribution in [2.24, 2.45) is 0 Å². The summed E-state index contributed by atoms with van der Waals surface area (Å²) < 4.78 is 11.6. The lowest BCUT2D eigenvalue weighted by Gasteiger charge is -2.18. The van der Waals surface area contributed by atoms with Crippen LogP contribution in [0.1, 0.15) is 19.4 Å². The van der Waals surface area contributed by atoms with Crippen LogP contribution in [-0.2, 0) is 21.3 Å². The maximum atomic E-state index is 11.9. The summed E-state index contributed by atoms with van der Waals surface area (Å²) in [4.78, 5) is 10.9. The van der Waals surface area contributed by atoms with Crippen LogP contribution in [0.3, 0.4) is 0 Å². The first-order valence-corrected chi connectivity index (χ1v) is 6.82. The summed E-state index contributed by atoms with van der Waals surface area (Å²) in [6, 6.07) is 7.38. The molecule has 1 N–H and O–H groups in total. The van der Waals surface area contributed by atoms with Crippen LogP contribution in [0, 0.1) is 0 Å². The lowest BCUT2D eigenvalue weighted by Crippen LogP contribution is -2.37. The highest BCUT2D eigenvalue weighted by molar-refractivity contribution is 9.10. The van der Waals surface area contributed by atoms with Crippen LogP contribution in [0.25, 0.3) is 0 Å². The number of hydrogen-bond acceptors (Lipinski definition) is 2. The van der Waals surface area contributed by atoms with Crippen LogP contribution in [0.2, 0.25) is 0 Å². The summed E-state index contributed by atoms with van der Waals surface area (Å²) in [5.41, 5.74) is 0.857. The molecule has 3 nitrogen and oxygen atoms in total. The normalized spacial score (nSPS) is 13.4. The van der Waals surface area contributed by atoms with E-state index >= 15 is 0 Å². The van der Waals surface area contributed by atoms with Crippen molar-refractivity contribution < 1.29 is 14.1 Å². The molecule has 0 aliphatic rings. The molecular formula is C11H13BrO3S. The number of rotatable bonds is 4. The van der Waals surface area contributed by atoms with E-state index in [9.17, 15) is 9.00 Å². The second kappa shape index (κ2) is 5.10. The monoisotopic (exact) mass is 304 g/mol. The third-order valence-corrected chi connectivity index (χ3v) is 4.99. The predicted molar refractivity (Wildman–Crippen MR) is 67.7 cm³/mol. The molecule has 0 radical (unpaired) electrons. The number of carboxylic acid groups (broad SMARTS) is 1. The van der Waals surface area contributed by atoms with Gasteiger partial charge in [-0.05, 0) is 25.5 Å². The number of carboxylic acids is 1. The maximum Gasteiger partial charge on any atom is 0.321 e. The number of carbonyl (C=O) groups is 1. The predicted octanol–water partition coefficient (Wildman–Crippen LogP) is 2.56. The lowest BCUT2D eigenvalue weighted by atomic mass is 10.2. The van der Waals surface area contributed by atoms with E-state index in [1.54, 1.807) is 0 Å². The van der Waals surface area contributed by atoms with E-state index in [1.165, 1.54) is 13.8 Å². The molecule has 0 aliphatic carbocycles. The van der Waals surface area contributed by atoms with Crippen molar-refractivity contribution in [1.82, 2.24) is 0 Å². The second-order valence-corrected chi connectivity index (χ2v) is 6.75. The Morgan fingerprint density at radius 3 is 2.50 bits per heavy atom. The highest BCUT2D eigenvalue weighted by Crippen LogP contribution is 2.22. The van der Waals surface area contributed by atoms with Crippen molar-refractivity contribution in [3.05, 3.63) is 34.3 Å². The number of benzene rings is 1. The van der Waals surface area contributed by atoms with Crippen molar-refractivity contribution in [3.63, 3.8) is 0 Å². The van der Waals surface area contributed by atoms with E-state index < -0.39 is 21.5 Å². The molecule has 0 aromatic heterocycles. The molecule has 88 valence electrons. The smallest absolute Gasteiger partial charge is 0.321 e. The summed E-state index contributed by atoms with van der Waals surface area (Å²) in [6.45, 7) is 2.95. The van der Waals surface area contributed by atoms with Crippen molar-refractivity contribution in [1.29, 1.82) is 0 Å². The van der Waals surface area contributed by atoms with Gasteiger partial charge in [0, 0.05) is 15.3 Å². The Bertz CT molecular complexity index is 429. The van der Waals surface area contributed by atoms with Crippen LogP contribution < -0.4 is 0 Å². The van der Waals surface area contributed by atoms with E-state index in [-0.39, 0.29) is 5.75 Å². The van der Waals surface area contributed by atoms with Crippen molar-refractivity contribution in [2.75, 3.05) is 0 Å². The van der Waals surface area contributed by atoms with Gasteiger partial charge in [0.15, 0.2) is 0 Å². The van der Waals surface area contributed by atoms with Gasteiger partial charge in [0.25, 0.3) is 0 Å². The Balaban J connectivity index is 2.88. The van der Waals surface area contributed by atoms with E-state index in [2.05, 4.69) is 15.9 Å². The molecule has 1 aromatic rings. The van der Waals surface area contributed by atoms with Gasteiger partial charge >= 0.3 is 5.97 Å². The first-order chi connectivity index (χ1) is 7.35. The van der Waals surface area contributed by atoms with Gasteiger partial charge in [0.05, 0.1) is 5.75 Å². The molecule has 0 fully saturated rings. The van der Waals surface area contributed by atoms with Crippen LogP contribution in [0.4, 0.5) is 0 Å². The molecular weight excluding hydrogens is 292 g/mol. The standard InChI is InChI=1S/C11H13BrO3S/c1-11(2,10(13)14)16(15)7-8-5-3-4-6-9(8)12/h3-6H,7H2,1-2H3,(H,13,14). The molecule has 0 aliphatic heterocycles. The highest BCUT2D eigenvalue weighted by Gasteiger charge is 2.34. The zero-order valence-electron chi connectivity index (χ0n) is 9.07. The molecule has 0 bridgehead atoms. The van der Waals surface area contributed by atoms with E-state index in [0.717, 1.165) is 10.0 Å². The first-order valence-electron chi connectivity index (χ1n) is 4.71. The fourth-order valence-corrected chi connectivity index (χ4v) is 2.73. The summed E-state index contributed by atoms with van der Waals surface area (Å²) in [5.74, 6) is -0.807. The van der Waals surface area contributed by atoms with Gasteiger partial charge in [-0.25, -0.2) is 0 Å². The Hall–Kier alpha value is -0.680. The molecule has 16 heavy (non-hydrogen) atoms. The average Bonchev–Trinajstić information content (AvgIpc) is 2.21. The first kappa shape index (κ1) is 13.4. The van der Waals surface area contributed by atoms with Crippen LogP contribution in [0.15, 0.2) is 28.7 Å². The SMILES string of the molecule is CC(C)(C(=O)O)S(=O)Cc1ccccc1Br. The highest BCUT2D eigenvalue weighted by atomic mass is 79.9. The fraction of sp³-hybridized carbons (Fsp3) is 0.364. The summed E-state index contributed by atoms with van der Waals surface area (Å²) >= 11 is 3.35. The Kier molecular flexibility index (Phi) is 4.27. The topological polar surface area (TPSA) is 54.4 Å². The Morgan fingerprint density at radius 1 is 1.44 bits per heavy atom. The number of hydrogen-bond donors (Lipinski definition) is 1. The van der Waals surface area contributed by atoms with Crippen molar-refractivity contribution in [3.8, 4) is 0 Å². The van der Waals surface area contributed by atoms with E-state index in [1.807, 2.05) is 24.3 Å². The van der Waals surface area contributed by atoms with Crippen LogP contribution in [-0.4, -0.2) is 20.0 Å². The average molecular weight is 305 g/mol. The molecule has 1 unspecified atom stereocenters. The summed E-state index contributed by atoms with van der Waals surface area (Å²) in [7, 11) is -1.45. The number of aliphatic carboxylic acids is 1. The van der Waals surface area contributed by atoms with Gasteiger partial charge in [0.2, 0.25) is 0 Å². The van der Waals surface area contributed by atoms with E-state index in [4.69, 9.17) is 5.11 Å². The minimum absolute atomic E-state index is 0.237. The minimum Gasteiger partial charge on any atom is -0.480 e. The molecule has 1 atom stereocenters. The lowest BCUT2D eigenvalue weighted by molar-refractivity contribution is -0.139. The van der Waals surface area contributed by atoms with Crippen LogP contribution >= 0.6 is 15.9 Å². The van der Waals surface area contributed by atoms with Gasteiger partial charge in [-0.2, -0.15) is 0 Å². The molecule has 0 heterocycles. The minimum atomic E-state index is -1.45. The molecule has 1 aromatic carbocycles. The molecule has 0 amide bonds. The fourth-order valence-electron chi connectivity index (χ4n) is 1.03. The van der Waals surface area contributed by atoms with Gasteiger partial charge in [-0.3, -0.25) is 9.00 Å². The summed E-state index contributed by atoms with van der Waals surface area (Å²) in [6.07, 6.45) is 0. The summed E-state index contributed by atoms with van der Waals surface area (Å²) in [5, 5.41) is 8.95. The molecule has 0 saturated heterocycles. The third-order valence-electron chi connectivity index (χ3n) is 2.33.